The largest absolute Gasteiger partial charge is 0.497 e. The number of ether oxygens (including phenoxy) is 2. The molecule has 6 nitrogen and oxygen atoms in total. The summed E-state index contributed by atoms with van der Waals surface area (Å²) in [6, 6.07) is 24.8. The van der Waals surface area contributed by atoms with Crippen molar-refractivity contribution < 1.29 is 18.8 Å². The zero-order chi connectivity index (χ0) is 22.6. The third-order valence-electron chi connectivity index (χ3n) is 5.87. The minimum absolute atomic E-state index is 0.167. The first-order chi connectivity index (χ1) is 15.6. The van der Waals surface area contributed by atoms with E-state index in [2.05, 4.69) is 0 Å². The highest BCUT2D eigenvalue weighted by Crippen LogP contribution is 2.69. The molecule has 0 aliphatic carbocycles. The van der Waals surface area contributed by atoms with Crippen LogP contribution in [0.25, 0.3) is 0 Å². The number of rotatable bonds is 8. The lowest BCUT2D eigenvalue weighted by Gasteiger charge is -2.38. The van der Waals surface area contributed by atoms with E-state index in [4.69, 9.17) is 9.47 Å². The molecule has 166 valence electrons. The Morgan fingerprint density at radius 2 is 1.28 bits per heavy atom. The van der Waals surface area contributed by atoms with Crippen LogP contribution in [0.1, 0.15) is 17.6 Å². The molecular weight excluding hydrogens is 423 g/mol. The maximum absolute atomic E-state index is 15.1. The summed E-state index contributed by atoms with van der Waals surface area (Å²) in [6.07, 6.45) is 1.04. The molecule has 0 radical (unpaired) electrons. The van der Waals surface area contributed by atoms with Gasteiger partial charge in [0.2, 0.25) is 0 Å². The Kier molecular flexibility index (Phi) is 6.52. The van der Waals surface area contributed by atoms with Gasteiger partial charge in [0.25, 0.3) is 7.44 Å². The lowest BCUT2D eigenvalue weighted by molar-refractivity contribution is -0.107. The van der Waals surface area contributed by atoms with Crippen molar-refractivity contribution in [2.45, 2.75) is 12.1 Å². The summed E-state index contributed by atoms with van der Waals surface area (Å²) in [5, 5.41) is 0. The number of anilines is 2. The minimum Gasteiger partial charge on any atom is -0.497 e. The average molecular weight is 450 g/mol. The van der Waals surface area contributed by atoms with Gasteiger partial charge in [-0.05, 0) is 54.1 Å². The summed E-state index contributed by atoms with van der Waals surface area (Å²) in [6.45, 7) is 1.16. The molecule has 0 bridgehead atoms. The normalized spacial score (nSPS) is 15.9. The molecule has 7 heteroatoms. The first-order valence-electron chi connectivity index (χ1n) is 10.5. The number of hydrogen-bond donors (Lipinski definition) is 0. The second-order valence-electron chi connectivity index (χ2n) is 7.56. The fourth-order valence-corrected chi connectivity index (χ4v) is 7.81. The number of methoxy groups -OCH3 is 2. The van der Waals surface area contributed by atoms with Gasteiger partial charge in [0.1, 0.15) is 17.8 Å². The molecule has 0 spiro atoms. The molecule has 1 atom stereocenters. The number of hydrogen-bond acceptors (Lipinski definition) is 4. The zero-order valence-corrected chi connectivity index (χ0v) is 19.2. The van der Waals surface area contributed by atoms with Gasteiger partial charge in [-0.1, -0.05) is 30.3 Å². The Hall–Kier alpha value is -3.24. The summed E-state index contributed by atoms with van der Waals surface area (Å²) in [4.78, 5) is 11.7. The van der Waals surface area contributed by atoms with Crippen LogP contribution in [0, 0.1) is 0 Å². The van der Waals surface area contributed by atoms with Crippen molar-refractivity contribution in [1.82, 2.24) is 0 Å². The van der Waals surface area contributed by atoms with E-state index >= 15 is 4.57 Å². The van der Waals surface area contributed by atoms with Crippen LogP contribution in [-0.2, 0) is 9.36 Å². The van der Waals surface area contributed by atoms with Gasteiger partial charge in [-0.2, -0.15) is 0 Å². The maximum Gasteiger partial charge on any atom is 0.270 e. The van der Waals surface area contributed by atoms with Crippen molar-refractivity contribution in [3.05, 3.63) is 84.4 Å². The van der Waals surface area contributed by atoms with E-state index in [9.17, 15) is 4.79 Å². The Labute approximate surface area is 188 Å². The van der Waals surface area contributed by atoms with Gasteiger partial charge in [0.15, 0.2) is 0 Å². The third kappa shape index (κ3) is 3.98. The monoisotopic (exact) mass is 450 g/mol. The van der Waals surface area contributed by atoms with E-state index in [1.165, 1.54) is 0 Å². The molecular formula is C25H27N2O4P. The van der Waals surface area contributed by atoms with E-state index < -0.39 is 13.1 Å². The van der Waals surface area contributed by atoms with Crippen molar-refractivity contribution in [3.63, 3.8) is 0 Å². The second kappa shape index (κ2) is 9.49. The van der Waals surface area contributed by atoms with Crippen LogP contribution >= 0.6 is 7.44 Å². The Morgan fingerprint density at radius 1 is 0.812 bits per heavy atom. The molecule has 3 aromatic rings. The van der Waals surface area contributed by atoms with Gasteiger partial charge in [-0.15, -0.1) is 0 Å². The molecule has 1 aliphatic rings. The molecule has 1 aliphatic heterocycles. The fourth-order valence-electron chi connectivity index (χ4n) is 4.27. The van der Waals surface area contributed by atoms with Crippen LogP contribution < -0.4 is 18.8 Å². The van der Waals surface area contributed by atoms with Gasteiger partial charge in [0, 0.05) is 30.9 Å². The van der Waals surface area contributed by atoms with Crippen molar-refractivity contribution >= 4 is 25.1 Å². The van der Waals surface area contributed by atoms with Gasteiger partial charge >= 0.3 is 0 Å². The summed E-state index contributed by atoms with van der Waals surface area (Å²) >= 11 is 0. The zero-order valence-electron chi connectivity index (χ0n) is 18.3. The second-order valence-corrected chi connectivity index (χ2v) is 10.3. The summed E-state index contributed by atoms with van der Waals surface area (Å²) in [7, 11) is -0.0327. The lowest BCUT2D eigenvalue weighted by atomic mass is 10.1. The van der Waals surface area contributed by atoms with Crippen molar-refractivity contribution in [3.8, 4) is 11.5 Å². The predicted molar refractivity (Wildman–Crippen MR) is 128 cm³/mol. The smallest absolute Gasteiger partial charge is 0.270 e. The molecule has 4 rings (SSSR count). The summed E-state index contributed by atoms with van der Waals surface area (Å²) in [5.74, 6) is 1.48. The SMILES string of the molecule is COc1ccc(N2CCN(c3ccc(OC)cc3)P2(=O)C(CC=O)c2ccccc2)cc1. The molecule has 0 saturated carbocycles. The van der Waals surface area contributed by atoms with Crippen LogP contribution in [0.2, 0.25) is 0 Å². The minimum atomic E-state index is -3.28. The number of carbonyl (C=O) groups is 1. The Morgan fingerprint density at radius 3 is 1.69 bits per heavy atom. The number of nitrogens with zero attached hydrogens (tertiary/aromatic N) is 2. The van der Waals surface area contributed by atoms with Gasteiger partial charge in [-0.3, -0.25) is 4.57 Å². The molecule has 1 unspecified atom stereocenters. The predicted octanol–water partition coefficient (Wildman–Crippen LogP) is 5.55. The van der Waals surface area contributed by atoms with Gasteiger partial charge in [-0.25, -0.2) is 0 Å². The number of aldehydes is 1. The molecule has 1 fully saturated rings. The highest BCUT2D eigenvalue weighted by Gasteiger charge is 2.49. The van der Waals surface area contributed by atoms with E-state index in [1.54, 1.807) is 14.2 Å². The van der Waals surface area contributed by atoms with Crippen LogP contribution in [0.15, 0.2) is 78.9 Å². The van der Waals surface area contributed by atoms with Crippen molar-refractivity contribution in [2.75, 3.05) is 36.6 Å². The quantitative estimate of drug-likeness (QED) is 0.331. The van der Waals surface area contributed by atoms with E-state index in [0.29, 0.717) is 13.1 Å². The van der Waals surface area contributed by atoms with Crippen molar-refractivity contribution in [1.29, 1.82) is 0 Å². The molecule has 3 aromatic carbocycles. The Bertz CT molecular complexity index is 1030. The standard InChI is InChI=1S/C25H27N2O4P/c1-30-23-12-8-21(9-13-23)26-17-18-27(22-10-14-24(31-2)15-11-22)32(26,29)25(16-19-28)20-6-4-3-5-7-20/h3-15,19,25H,16-18H2,1-2H3. The third-order valence-corrected chi connectivity index (χ3v) is 9.43. The Balaban J connectivity index is 1.84. The van der Waals surface area contributed by atoms with Gasteiger partial charge < -0.3 is 23.6 Å². The van der Waals surface area contributed by atoms with E-state index in [1.807, 2.05) is 88.2 Å². The molecule has 32 heavy (non-hydrogen) atoms. The number of carbonyl (C=O) groups excluding carboxylic acids is 1. The molecule has 1 saturated heterocycles. The first kappa shape index (κ1) is 22.0. The summed E-state index contributed by atoms with van der Waals surface area (Å²) in [5.41, 5.74) is 2.11. The highest BCUT2D eigenvalue weighted by atomic mass is 31.2. The first-order valence-corrected chi connectivity index (χ1v) is 12.2. The molecule has 0 amide bonds. The molecule has 0 N–H and O–H groups in total. The van der Waals surface area contributed by atoms with Crippen molar-refractivity contribution in [2.24, 2.45) is 0 Å². The van der Waals surface area contributed by atoms with Crippen LogP contribution in [0.5, 0.6) is 11.5 Å². The lowest BCUT2D eigenvalue weighted by Crippen LogP contribution is -2.24. The van der Waals surface area contributed by atoms with Gasteiger partial charge in [0.05, 0.1) is 19.9 Å². The van der Waals surface area contributed by atoms with E-state index in [0.717, 1.165) is 34.7 Å². The fraction of sp³-hybridized carbons (Fsp3) is 0.240. The van der Waals surface area contributed by atoms with Crippen LogP contribution in [0.4, 0.5) is 11.4 Å². The topological polar surface area (TPSA) is 59.1 Å². The number of benzene rings is 3. The molecule has 1 heterocycles. The van der Waals surface area contributed by atoms with E-state index in [-0.39, 0.29) is 6.42 Å². The highest BCUT2D eigenvalue weighted by molar-refractivity contribution is 7.68. The van der Waals surface area contributed by atoms with Crippen LogP contribution in [0.3, 0.4) is 0 Å². The van der Waals surface area contributed by atoms with Crippen LogP contribution in [-0.4, -0.2) is 33.6 Å². The molecule has 0 aromatic heterocycles. The average Bonchev–Trinajstić information content (AvgIpc) is 3.20. The summed E-state index contributed by atoms with van der Waals surface area (Å²) < 4.78 is 29.6. The maximum atomic E-state index is 15.1.